The van der Waals surface area contributed by atoms with Crippen molar-refractivity contribution in [3.8, 4) is 0 Å². The van der Waals surface area contributed by atoms with Crippen molar-refractivity contribution in [1.82, 2.24) is 15.1 Å². The Balaban J connectivity index is 1.52. The molecule has 0 aromatic rings. The third-order valence-corrected chi connectivity index (χ3v) is 4.36. The first kappa shape index (κ1) is 14.3. The SMILES string of the molecule is CC(C)NCCCCN1CCC(N2CCCC2)C1. The van der Waals surface area contributed by atoms with Gasteiger partial charge in [-0.15, -0.1) is 0 Å². The van der Waals surface area contributed by atoms with Gasteiger partial charge in [0, 0.05) is 18.6 Å². The van der Waals surface area contributed by atoms with Gasteiger partial charge in [0.25, 0.3) is 0 Å². The molecule has 0 amide bonds. The van der Waals surface area contributed by atoms with Gasteiger partial charge in [-0.2, -0.15) is 0 Å². The summed E-state index contributed by atoms with van der Waals surface area (Å²) >= 11 is 0. The van der Waals surface area contributed by atoms with Crippen LogP contribution in [0.25, 0.3) is 0 Å². The van der Waals surface area contributed by atoms with Crippen LogP contribution in [0.3, 0.4) is 0 Å². The van der Waals surface area contributed by atoms with Crippen molar-refractivity contribution < 1.29 is 0 Å². The van der Waals surface area contributed by atoms with Gasteiger partial charge in [-0.25, -0.2) is 0 Å². The van der Waals surface area contributed by atoms with Crippen LogP contribution in [0.5, 0.6) is 0 Å². The van der Waals surface area contributed by atoms with Gasteiger partial charge < -0.3 is 10.2 Å². The number of rotatable bonds is 7. The number of unbranched alkanes of at least 4 members (excludes halogenated alkanes) is 1. The highest BCUT2D eigenvalue weighted by atomic mass is 15.3. The molecule has 2 rings (SSSR count). The summed E-state index contributed by atoms with van der Waals surface area (Å²) in [6.45, 7) is 12.3. The quantitative estimate of drug-likeness (QED) is 0.700. The number of nitrogens with zero attached hydrogens (tertiary/aromatic N) is 2. The van der Waals surface area contributed by atoms with Crippen LogP contribution in [0.15, 0.2) is 0 Å². The van der Waals surface area contributed by atoms with Gasteiger partial charge in [-0.3, -0.25) is 4.90 Å². The Kier molecular flexibility index (Phi) is 5.93. The van der Waals surface area contributed by atoms with E-state index < -0.39 is 0 Å². The van der Waals surface area contributed by atoms with Gasteiger partial charge in [-0.05, 0) is 64.8 Å². The van der Waals surface area contributed by atoms with E-state index in [-0.39, 0.29) is 0 Å². The molecular formula is C15H31N3. The molecule has 2 heterocycles. The van der Waals surface area contributed by atoms with Crippen molar-refractivity contribution in [2.24, 2.45) is 0 Å². The van der Waals surface area contributed by atoms with Crippen LogP contribution >= 0.6 is 0 Å². The van der Waals surface area contributed by atoms with Gasteiger partial charge in [0.1, 0.15) is 0 Å². The summed E-state index contributed by atoms with van der Waals surface area (Å²) in [7, 11) is 0. The first-order valence-electron chi connectivity index (χ1n) is 7.95. The number of likely N-dealkylation sites (tertiary alicyclic amines) is 2. The van der Waals surface area contributed by atoms with E-state index in [1.165, 1.54) is 71.4 Å². The molecule has 1 unspecified atom stereocenters. The average Bonchev–Trinajstić information content (AvgIpc) is 2.98. The zero-order chi connectivity index (χ0) is 12.8. The molecule has 0 spiro atoms. The molecule has 2 fully saturated rings. The van der Waals surface area contributed by atoms with Crippen LogP contribution in [0.4, 0.5) is 0 Å². The first-order chi connectivity index (χ1) is 8.75. The Morgan fingerprint density at radius 1 is 1.11 bits per heavy atom. The maximum absolute atomic E-state index is 3.50. The molecule has 0 bridgehead atoms. The lowest BCUT2D eigenvalue weighted by atomic mass is 10.2. The highest BCUT2D eigenvalue weighted by molar-refractivity contribution is 4.85. The highest BCUT2D eigenvalue weighted by Gasteiger charge is 2.28. The molecular weight excluding hydrogens is 222 g/mol. The molecule has 1 N–H and O–H groups in total. The van der Waals surface area contributed by atoms with Crippen molar-refractivity contribution in [1.29, 1.82) is 0 Å². The van der Waals surface area contributed by atoms with E-state index in [0.29, 0.717) is 6.04 Å². The molecule has 106 valence electrons. The molecule has 2 aliphatic rings. The standard InChI is InChI=1S/C15H31N3/c1-14(2)16-8-3-4-9-17-12-7-15(13-17)18-10-5-6-11-18/h14-16H,3-13H2,1-2H3. The fourth-order valence-corrected chi connectivity index (χ4v) is 3.27. The van der Waals surface area contributed by atoms with Crippen LogP contribution in [0, 0.1) is 0 Å². The molecule has 3 nitrogen and oxygen atoms in total. The van der Waals surface area contributed by atoms with Crippen molar-refractivity contribution in [3.63, 3.8) is 0 Å². The second kappa shape index (κ2) is 7.46. The maximum atomic E-state index is 3.50. The fourth-order valence-electron chi connectivity index (χ4n) is 3.27. The van der Waals surface area contributed by atoms with Gasteiger partial charge >= 0.3 is 0 Å². The van der Waals surface area contributed by atoms with Crippen LogP contribution in [-0.2, 0) is 0 Å². The normalized spacial score (nSPS) is 26.5. The fraction of sp³-hybridized carbons (Fsp3) is 1.00. The molecule has 0 saturated carbocycles. The van der Waals surface area contributed by atoms with E-state index in [4.69, 9.17) is 0 Å². The third kappa shape index (κ3) is 4.52. The Bertz CT molecular complexity index is 224. The number of hydrogen-bond donors (Lipinski definition) is 1. The van der Waals surface area contributed by atoms with Crippen molar-refractivity contribution in [2.45, 2.75) is 58.0 Å². The summed E-state index contributed by atoms with van der Waals surface area (Å²) in [5.74, 6) is 0. The summed E-state index contributed by atoms with van der Waals surface area (Å²) < 4.78 is 0. The maximum Gasteiger partial charge on any atom is 0.0235 e. The van der Waals surface area contributed by atoms with Crippen LogP contribution in [0.2, 0.25) is 0 Å². The Hall–Kier alpha value is -0.120. The minimum absolute atomic E-state index is 0.635. The molecule has 2 saturated heterocycles. The Morgan fingerprint density at radius 3 is 2.61 bits per heavy atom. The van der Waals surface area contributed by atoms with E-state index in [1.807, 2.05) is 0 Å². The van der Waals surface area contributed by atoms with Crippen LogP contribution in [-0.4, -0.2) is 61.2 Å². The van der Waals surface area contributed by atoms with Crippen LogP contribution < -0.4 is 5.32 Å². The zero-order valence-corrected chi connectivity index (χ0v) is 12.3. The molecule has 0 aromatic carbocycles. The smallest absolute Gasteiger partial charge is 0.0235 e. The summed E-state index contributed by atoms with van der Waals surface area (Å²) in [5, 5.41) is 3.50. The molecule has 18 heavy (non-hydrogen) atoms. The second-order valence-corrected chi connectivity index (χ2v) is 6.30. The number of hydrogen-bond acceptors (Lipinski definition) is 3. The van der Waals surface area contributed by atoms with Crippen molar-refractivity contribution >= 4 is 0 Å². The zero-order valence-electron chi connectivity index (χ0n) is 12.3. The van der Waals surface area contributed by atoms with E-state index in [2.05, 4.69) is 29.0 Å². The second-order valence-electron chi connectivity index (χ2n) is 6.30. The topological polar surface area (TPSA) is 18.5 Å². The third-order valence-electron chi connectivity index (χ3n) is 4.36. The van der Waals surface area contributed by atoms with Gasteiger partial charge in [0.05, 0.1) is 0 Å². The van der Waals surface area contributed by atoms with E-state index >= 15 is 0 Å². The molecule has 1 atom stereocenters. The molecule has 3 heteroatoms. The summed E-state index contributed by atoms with van der Waals surface area (Å²) in [6.07, 6.45) is 6.94. The molecule has 2 aliphatic heterocycles. The molecule has 0 aromatic heterocycles. The minimum Gasteiger partial charge on any atom is -0.315 e. The van der Waals surface area contributed by atoms with E-state index in [1.54, 1.807) is 0 Å². The van der Waals surface area contributed by atoms with Gasteiger partial charge in [0.2, 0.25) is 0 Å². The van der Waals surface area contributed by atoms with Gasteiger partial charge in [-0.1, -0.05) is 13.8 Å². The Labute approximate surface area is 113 Å². The predicted octanol–water partition coefficient (Wildman–Crippen LogP) is 1.93. The summed E-state index contributed by atoms with van der Waals surface area (Å²) in [6, 6.07) is 1.51. The Morgan fingerprint density at radius 2 is 1.89 bits per heavy atom. The van der Waals surface area contributed by atoms with Crippen LogP contribution in [0.1, 0.15) is 46.0 Å². The summed E-state index contributed by atoms with van der Waals surface area (Å²) in [4.78, 5) is 5.40. The van der Waals surface area contributed by atoms with Crippen molar-refractivity contribution in [3.05, 3.63) is 0 Å². The lowest BCUT2D eigenvalue weighted by Crippen LogP contribution is -2.35. The lowest BCUT2D eigenvalue weighted by Gasteiger charge is -2.23. The summed E-state index contributed by atoms with van der Waals surface area (Å²) in [5.41, 5.74) is 0. The molecule has 0 aliphatic carbocycles. The van der Waals surface area contributed by atoms with E-state index in [0.717, 1.165) is 6.04 Å². The monoisotopic (exact) mass is 253 g/mol. The molecule has 0 radical (unpaired) electrons. The minimum atomic E-state index is 0.635. The van der Waals surface area contributed by atoms with Gasteiger partial charge in [0.15, 0.2) is 0 Å². The first-order valence-corrected chi connectivity index (χ1v) is 7.95. The van der Waals surface area contributed by atoms with Crippen molar-refractivity contribution in [2.75, 3.05) is 39.3 Å². The average molecular weight is 253 g/mol. The predicted molar refractivity (Wildman–Crippen MR) is 78.0 cm³/mol. The van der Waals surface area contributed by atoms with E-state index in [9.17, 15) is 0 Å². The largest absolute Gasteiger partial charge is 0.315 e. The lowest BCUT2D eigenvalue weighted by molar-refractivity contribution is 0.231. The number of nitrogens with one attached hydrogen (secondary N) is 1. The highest BCUT2D eigenvalue weighted by Crippen LogP contribution is 2.20.